The highest BCUT2D eigenvalue weighted by molar-refractivity contribution is 5.69. The van der Waals surface area contributed by atoms with Crippen molar-refractivity contribution in [1.29, 1.82) is 0 Å². The summed E-state index contributed by atoms with van der Waals surface area (Å²) in [5.41, 5.74) is 5.23. The van der Waals surface area contributed by atoms with Gasteiger partial charge in [-0.2, -0.15) is 0 Å². The van der Waals surface area contributed by atoms with Crippen molar-refractivity contribution in [3.05, 3.63) is 12.7 Å². The molecule has 0 saturated carbocycles. The van der Waals surface area contributed by atoms with Crippen LogP contribution in [0.4, 0.5) is 0 Å². The maximum absolute atomic E-state index is 9.87. The zero-order chi connectivity index (χ0) is 7.28. The minimum atomic E-state index is -0.924. The number of rotatable bonds is 4. The van der Waals surface area contributed by atoms with Gasteiger partial charge < -0.3 is 10.8 Å². The van der Waals surface area contributed by atoms with Gasteiger partial charge in [-0.25, -0.2) is 0 Å². The van der Waals surface area contributed by atoms with Crippen LogP contribution < -0.4 is 11.1 Å². The van der Waals surface area contributed by atoms with Gasteiger partial charge in [0.1, 0.15) is 0 Å². The van der Waals surface area contributed by atoms with E-state index in [0.717, 1.165) is 0 Å². The zero-order valence-corrected chi connectivity index (χ0v) is 5.00. The van der Waals surface area contributed by atoms with Crippen molar-refractivity contribution in [2.75, 3.05) is 6.54 Å². The van der Waals surface area contributed by atoms with Gasteiger partial charge in [0.05, 0.1) is 12.7 Å². The van der Waals surface area contributed by atoms with Crippen molar-refractivity contribution < 1.29 is 9.90 Å². The third-order valence-electron chi connectivity index (χ3n) is 0.743. The van der Waals surface area contributed by atoms with Gasteiger partial charge in [0.2, 0.25) is 0 Å². The molecule has 0 aromatic carbocycles. The molecule has 0 amide bonds. The van der Waals surface area contributed by atoms with E-state index in [2.05, 4.69) is 11.9 Å². The first-order valence-corrected chi connectivity index (χ1v) is 2.50. The third-order valence-corrected chi connectivity index (χ3v) is 0.743. The number of aliphatic carboxylic acids is 1. The lowest BCUT2D eigenvalue weighted by atomic mass is 10.5. The molecule has 0 heterocycles. The number of hydrogen-bond acceptors (Lipinski definition) is 3. The summed E-state index contributed by atoms with van der Waals surface area (Å²) in [6.07, 6.45) is 1.00. The molecule has 4 nitrogen and oxygen atoms in total. The quantitative estimate of drug-likeness (QED) is 0.341. The second kappa shape index (κ2) is 4.05. The fourth-order valence-corrected chi connectivity index (χ4v) is 0.288. The van der Waals surface area contributed by atoms with Crippen molar-refractivity contribution in [3.63, 3.8) is 0 Å². The van der Waals surface area contributed by atoms with Crippen LogP contribution in [-0.4, -0.2) is 23.8 Å². The summed E-state index contributed by atoms with van der Waals surface area (Å²) in [5, 5.41) is 10.6. The number of nitrogens with two attached hydrogens (primary N) is 1. The van der Waals surface area contributed by atoms with E-state index in [1.54, 1.807) is 0 Å². The van der Waals surface area contributed by atoms with Crippen molar-refractivity contribution in [2.45, 2.75) is 6.17 Å². The molecular formula is C5H10N2O2. The summed E-state index contributed by atoms with van der Waals surface area (Å²) in [6.45, 7) is 3.23. The van der Waals surface area contributed by atoms with E-state index < -0.39 is 12.1 Å². The Morgan fingerprint density at radius 3 is 2.89 bits per heavy atom. The Morgan fingerprint density at radius 2 is 2.56 bits per heavy atom. The molecule has 0 aliphatic carbocycles. The van der Waals surface area contributed by atoms with Crippen molar-refractivity contribution in [3.8, 4) is 0 Å². The van der Waals surface area contributed by atoms with Crippen molar-refractivity contribution in [1.82, 2.24) is 5.32 Å². The highest BCUT2D eigenvalue weighted by Crippen LogP contribution is 1.69. The molecule has 0 radical (unpaired) electrons. The fraction of sp³-hybridized carbons (Fsp3) is 0.400. The van der Waals surface area contributed by atoms with Gasteiger partial charge in [0, 0.05) is 0 Å². The lowest BCUT2D eigenvalue weighted by molar-refractivity contribution is -0.136. The third kappa shape index (κ3) is 4.99. The number of nitrogens with one attached hydrogen (secondary N) is 1. The van der Waals surface area contributed by atoms with Crippen LogP contribution in [0.2, 0.25) is 0 Å². The first kappa shape index (κ1) is 8.13. The Labute approximate surface area is 53.4 Å². The first-order chi connectivity index (χ1) is 4.16. The smallest absolute Gasteiger partial charge is 0.317 e. The topological polar surface area (TPSA) is 75.3 Å². The van der Waals surface area contributed by atoms with Crippen LogP contribution in [0.1, 0.15) is 0 Å². The lowest BCUT2D eigenvalue weighted by Crippen LogP contribution is -2.38. The van der Waals surface area contributed by atoms with Gasteiger partial charge >= 0.3 is 5.97 Å². The molecule has 4 N–H and O–H groups in total. The molecule has 1 atom stereocenters. The average molecular weight is 130 g/mol. The van der Waals surface area contributed by atoms with E-state index in [1.165, 1.54) is 6.08 Å². The van der Waals surface area contributed by atoms with Crippen LogP contribution in [0, 0.1) is 0 Å². The molecule has 1 unspecified atom stereocenters. The average Bonchev–Trinajstić information content (AvgIpc) is 1.83. The molecule has 4 heteroatoms. The summed E-state index contributed by atoms with van der Waals surface area (Å²) in [4.78, 5) is 9.87. The molecule has 0 aromatic heterocycles. The molecular weight excluding hydrogens is 120 g/mol. The van der Waals surface area contributed by atoms with Gasteiger partial charge in [-0.15, -0.1) is 6.58 Å². The van der Waals surface area contributed by atoms with E-state index in [-0.39, 0.29) is 6.54 Å². The maximum Gasteiger partial charge on any atom is 0.317 e. The van der Waals surface area contributed by atoms with Crippen LogP contribution in [-0.2, 0) is 4.79 Å². The van der Waals surface area contributed by atoms with Crippen LogP contribution in [0.5, 0.6) is 0 Å². The molecule has 0 aromatic rings. The fourth-order valence-electron chi connectivity index (χ4n) is 0.288. The molecule has 0 spiro atoms. The monoisotopic (exact) mass is 130 g/mol. The highest BCUT2D eigenvalue weighted by Gasteiger charge is 1.97. The minimum absolute atomic E-state index is 0.132. The first-order valence-electron chi connectivity index (χ1n) is 2.50. The van der Waals surface area contributed by atoms with E-state index in [4.69, 9.17) is 10.8 Å². The van der Waals surface area contributed by atoms with Gasteiger partial charge in [-0.3, -0.25) is 10.1 Å². The Bertz CT molecular complexity index is 114. The molecule has 0 bridgehead atoms. The summed E-state index contributed by atoms with van der Waals surface area (Å²) in [6, 6.07) is 0. The molecule has 52 valence electrons. The predicted molar refractivity (Wildman–Crippen MR) is 33.8 cm³/mol. The molecule has 0 saturated heterocycles. The Hall–Kier alpha value is -0.870. The predicted octanol–water partition coefficient (Wildman–Crippen LogP) is -0.869. The van der Waals surface area contributed by atoms with Crippen molar-refractivity contribution in [2.24, 2.45) is 5.73 Å². The maximum atomic E-state index is 9.87. The Balaban J connectivity index is 3.26. The van der Waals surface area contributed by atoms with Crippen LogP contribution >= 0.6 is 0 Å². The van der Waals surface area contributed by atoms with Crippen LogP contribution in [0.15, 0.2) is 12.7 Å². The number of carbonyl (C=O) groups is 1. The van der Waals surface area contributed by atoms with Crippen LogP contribution in [0.3, 0.4) is 0 Å². The molecule has 0 aliphatic rings. The number of carboxylic acid groups (broad SMARTS) is 1. The molecule has 0 fully saturated rings. The highest BCUT2D eigenvalue weighted by atomic mass is 16.4. The van der Waals surface area contributed by atoms with Crippen molar-refractivity contribution >= 4 is 5.97 Å². The van der Waals surface area contributed by atoms with Gasteiger partial charge in [-0.05, 0) is 0 Å². The minimum Gasteiger partial charge on any atom is -0.480 e. The van der Waals surface area contributed by atoms with E-state index in [1.807, 2.05) is 0 Å². The lowest BCUT2D eigenvalue weighted by Gasteiger charge is -2.04. The van der Waals surface area contributed by atoms with Gasteiger partial charge in [-0.1, -0.05) is 6.08 Å². The van der Waals surface area contributed by atoms with E-state index >= 15 is 0 Å². The summed E-state index contributed by atoms with van der Waals surface area (Å²) in [7, 11) is 0. The van der Waals surface area contributed by atoms with E-state index in [0.29, 0.717) is 0 Å². The van der Waals surface area contributed by atoms with Gasteiger partial charge in [0.15, 0.2) is 0 Å². The number of carboxylic acids is 1. The largest absolute Gasteiger partial charge is 0.480 e. The zero-order valence-electron chi connectivity index (χ0n) is 5.00. The summed E-state index contributed by atoms with van der Waals surface area (Å²) < 4.78 is 0. The molecule has 0 rings (SSSR count). The SMILES string of the molecule is C=CC(N)NCC(=O)O. The molecule has 9 heavy (non-hydrogen) atoms. The second-order valence-electron chi connectivity index (χ2n) is 1.54. The number of hydrogen-bond donors (Lipinski definition) is 3. The summed E-state index contributed by atoms with van der Waals surface area (Å²) >= 11 is 0. The van der Waals surface area contributed by atoms with Crippen LogP contribution in [0.25, 0.3) is 0 Å². The summed E-state index contributed by atoms with van der Waals surface area (Å²) in [5.74, 6) is -0.924. The Kier molecular flexibility index (Phi) is 3.66. The Morgan fingerprint density at radius 1 is 2.00 bits per heavy atom. The van der Waals surface area contributed by atoms with E-state index in [9.17, 15) is 4.79 Å². The second-order valence-corrected chi connectivity index (χ2v) is 1.54. The molecule has 0 aliphatic heterocycles. The van der Waals surface area contributed by atoms with Gasteiger partial charge in [0.25, 0.3) is 0 Å². The standard InChI is InChI=1S/C5H10N2O2/c1-2-4(6)7-3-5(8)9/h2,4,7H,1,3,6H2,(H,8,9). The normalized spacial score (nSPS) is 12.6.